The molecule has 1 aliphatic heterocycles. The van der Waals surface area contributed by atoms with Crippen molar-refractivity contribution < 1.29 is 14.7 Å². The molecular weight excluding hydrogens is 244 g/mol. The summed E-state index contributed by atoms with van der Waals surface area (Å²) in [5, 5.41) is 11.5. The van der Waals surface area contributed by atoms with Crippen LogP contribution in [0.25, 0.3) is 0 Å². The van der Waals surface area contributed by atoms with E-state index in [-0.39, 0.29) is 18.5 Å². The van der Waals surface area contributed by atoms with Gasteiger partial charge in [0.25, 0.3) is 0 Å². The van der Waals surface area contributed by atoms with Gasteiger partial charge in [0, 0.05) is 19.0 Å². The van der Waals surface area contributed by atoms with Crippen molar-refractivity contribution in [1.82, 2.24) is 10.2 Å². The summed E-state index contributed by atoms with van der Waals surface area (Å²) in [5.74, 6) is 1.19. The molecule has 2 amide bonds. The lowest BCUT2D eigenvalue weighted by Crippen LogP contribution is -2.52. The Morgan fingerprint density at radius 1 is 1.53 bits per heavy atom. The van der Waals surface area contributed by atoms with E-state index < -0.39 is 12.0 Å². The number of hydrogen-bond donors (Lipinski definition) is 2. The summed E-state index contributed by atoms with van der Waals surface area (Å²) in [5.41, 5.74) is 0. The minimum Gasteiger partial charge on any atom is -0.480 e. The van der Waals surface area contributed by atoms with Gasteiger partial charge in [0.05, 0.1) is 0 Å². The van der Waals surface area contributed by atoms with Gasteiger partial charge in [-0.1, -0.05) is 13.3 Å². The first-order valence-electron chi connectivity index (χ1n) is 6.83. The molecule has 0 saturated carbocycles. The van der Waals surface area contributed by atoms with Crippen molar-refractivity contribution in [3.8, 4) is 12.3 Å². The van der Waals surface area contributed by atoms with Gasteiger partial charge in [-0.15, -0.1) is 12.3 Å². The largest absolute Gasteiger partial charge is 0.480 e. The predicted octanol–water partition coefficient (Wildman–Crippen LogP) is 1.83. The van der Waals surface area contributed by atoms with Crippen LogP contribution in [0.1, 0.15) is 45.4 Å². The molecule has 1 aliphatic rings. The van der Waals surface area contributed by atoms with E-state index in [9.17, 15) is 9.59 Å². The highest BCUT2D eigenvalue weighted by molar-refractivity contribution is 5.83. The molecule has 2 N–H and O–H groups in total. The average Bonchev–Trinajstić information content (AvgIpc) is 2.39. The van der Waals surface area contributed by atoms with Gasteiger partial charge < -0.3 is 15.3 Å². The maximum atomic E-state index is 12.2. The van der Waals surface area contributed by atoms with Gasteiger partial charge >= 0.3 is 12.0 Å². The zero-order valence-electron chi connectivity index (χ0n) is 11.4. The van der Waals surface area contributed by atoms with Gasteiger partial charge in [-0.05, 0) is 25.7 Å². The number of rotatable bonds is 5. The second-order valence-electron chi connectivity index (χ2n) is 4.88. The Morgan fingerprint density at radius 3 is 2.84 bits per heavy atom. The molecule has 0 bridgehead atoms. The zero-order chi connectivity index (χ0) is 14.3. The van der Waals surface area contributed by atoms with E-state index >= 15 is 0 Å². The Hall–Kier alpha value is -1.70. The Balaban J connectivity index is 2.63. The molecule has 0 radical (unpaired) electrons. The second-order valence-corrected chi connectivity index (χ2v) is 4.88. The fourth-order valence-corrected chi connectivity index (χ4v) is 2.45. The van der Waals surface area contributed by atoms with E-state index in [1.165, 1.54) is 0 Å². The van der Waals surface area contributed by atoms with Crippen molar-refractivity contribution >= 4 is 12.0 Å². The standard InChI is InChI=1S/C14H22N2O3/c1-3-7-11-9-5-6-10-16(11)14(19)15-12(8-4-2)13(17)18/h2,11-12H,3,5-10H2,1H3,(H,15,19)(H,17,18). The molecule has 0 aromatic heterocycles. The van der Waals surface area contributed by atoms with Crippen molar-refractivity contribution in [3.63, 3.8) is 0 Å². The number of aliphatic carboxylic acids is 1. The summed E-state index contributed by atoms with van der Waals surface area (Å²) in [4.78, 5) is 24.9. The average molecular weight is 266 g/mol. The first-order valence-corrected chi connectivity index (χ1v) is 6.83. The van der Waals surface area contributed by atoms with Crippen LogP contribution in [0, 0.1) is 12.3 Å². The molecule has 1 rings (SSSR count). The number of hydrogen-bond acceptors (Lipinski definition) is 2. The topological polar surface area (TPSA) is 69.6 Å². The molecule has 5 heteroatoms. The second kappa shape index (κ2) is 7.67. The van der Waals surface area contributed by atoms with Gasteiger partial charge in [-0.2, -0.15) is 0 Å². The molecular formula is C14H22N2O3. The minimum absolute atomic E-state index is 0.00730. The minimum atomic E-state index is -1.09. The molecule has 106 valence electrons. The number of nitrogens with zero attached hydrogens (tertiary/aromatic N) is 1. The van der Waals surface area contributed by atoms with E-state index in [4.69, 9.17) is 11.5 Å². The molecule has 2 unspecified atom stereocenters. The maximum absolute atomic E-state index is 12.2. The lowest BCUT2D eigenvalue weighted by molar-refractivity contribution is -0.139. The Bertz CT molecular complexity index is 360. The third-order valence-electron chi connectivity index (χ3n) is 3.43. The van der Waals surface area contributed by atoms with Crippen LogP contribution in [0.5, 0.6) is 0 Å². The van der Waals surface area contributed by atoms with Gasteiger partial charge in [0.15, 0.2) is 0 Å². The van der Waals surface area contributed by atoms with E-state index in [2.05, 4.69) is 18.2 Å². The highest BCUT2D eigenvalue weighted by Crippen LogP contribution is 2.20. The summed E-state index contributed by atoms with van der Waals surface area (Å²) in [6, 6.07) is -1.08. The summed E-state index contributed by atoms with van der Waals surface area (Å²) >= 11 is 0. The fraction of sp³-hybridized carbons (Fsp3) is 0.714. The van der Waals surface area contributed by atoms with Crippen molar-refractivity contribution in [3.05, 3.63) is 0 Å². The van der Waals surface area contributed by atoms with Crippen LogP contribution in [0.2, 0.25) is 0 Å². The van der Waals surface area contributed by atoms with Gasteiger partial charge in [0.1, 0.15) is 6.04 Å². The summed E-state index contributed by atoms with van der Waals surface area (Å²) < 4.78 is 0. The Labute approximate surface area is 114 Å². The highest BCUT2D eigenvalue weighted by atomic mass is 16.4. The van der Waals surface area contributed by atoms with Crippen molar-refractivity contribution in [2.24, 2.45) is 0 Å². The monoisotopic (exact) mass is 266 g/mol. The van der Waals surface area contributed by atoms with Gasteiger partial charge in [0.2, 0.25) is 0 Å². The quantitative estimate of drug-likeness (QED) is 0.746. The predicted molar refractivity (Wildman–Crippen MR) is 72.7 cm³/mol. The molecule has 0 aliphatic carbocycles. The van der Waals surface area contributed by atoms with Crippen LogP contribution in [-0.2, 0) is 4.79 Å². The van der Waals surface area contributed by atoms with Crippen molar-refractivity contribution in [2.45, 2.75) is 57.5 Å². The molecule has 0 spiro atoms. The van der Waals surface area contributed by atoms with E-state index in [0.29, 0.717) is 6.54 Å². The number of carboxylic acids is 1. The molecule has 0 aromatic rings. The molecule has 19 heavy (non-hydrogen) atoms. The number of carbonyl (C=O) groups is 2. The SMILES string of the molecule is C#CCC(NC(=O)N1CCCCC1CCC)C(=O)O. The van der Waals surface area contributed by atoms with Crippen LogP contribution in [0.15, 0.2) is 0 Å². The fourth-order valence-electron chi connectivity index (χ4n) is 2.45. The van der Waals surface area contributed by atoms with Crippen LogP contribution < -0.4 is 5.32 Å². The molecule has 1 fully saturated rings. The summed E-state index contributed by atoms with van der Waals surface area (Å²) in [6.07, 6.45) is 10.2. The number of carboxylic acid groups (broad SMARTS) is 1. The van der Waals surface area contributed by atoms with E-state index in [0.717, 1.165) is 32.1 Å². The number of terminal acetylenes is 1. The first-order chi connectivity index (χ1) is 9.10. The number of likely N-dealkylation sites (tertiary alicyclic amines) is 1. The normalized spacial score (nSPS) is 20.4. The third kappa shape index (κ3) is 4.47. The van der Waals surface area contributed by atoms with Gasteiger partial charge in [-0.3, -0.25) is 0 Å². The molecule has 1 saturated heterocycles. The highest BCUT2D eigenvalue weighted by Gasteiger charge is 2.28. The van der Waals surface area contributed by atoms with E-state index in [1.54, 1.807) is 4.90 Å². The molecule has 0 aromatic carbocycles. The zero-order valence-corrected chi connectivity index (χ0v) is 11.4. The Morgan fingerprint density at radius 2 is 2.26 bits per heavy atom. The van der Waals surface area contributed by atoms with Crippen LogP contribution in [0.3, 0.4) is 0 Å². The van der Waals surface area contributed by atoms with Crippen LogP contribution in [0.4, 0.5) is 4.79 Å². The molecule has 1 heterocycles. The number of urea groups is 1. The first kappa shape index (κ1) is 15.4. The van der Waals surface area contributed by atoms with Crippen LogP contribution >= 0.6 is 0 Å². The molecule has 5 nitrogen and oxygen atoms in total. The lowest BCUT2D eigenvalue weighted by Gasteiger charge is -2.36. The number of nitrogens with one attached hydrogen (secondary N) is 1. The van der Waals surface area contributed by atoms with Gasteiger partial charge in [-0.25, -0.2) is 9.59 Å². The van der Waals surface area contributed by atoms with Crippen molar-refractivity contribution in [1.29, 1.82) is 0 Å². The number of amides is 2. The summed E-state index contributed by atoms with van der Waals surface area (Å²) in [6.45, 7) is 2.78. The number of piperidine rings is 1. The van der Waals surface area contributed by atoms with Crippen molar-refractivity contribution in [2.75, 3.05) is 6.54 Å². The van der Waals surface area contributed by atoms with Crippen LogP contribution in [-0.4, -0.2) is 40.6 Å². The lowest BCUT2D eigenvalue weighted by atomic mass is 9.98. The smallest absolute Gasteiger partial charge is 0.327 e. The third-order valence-corrected chi connectivity index (χ3v) is 3.43. The number of carbonyl (C=O) groups excluding carboxylic acids is 1. The van der Waals surface area contributed by atoms with E-state index in [1.807, 2.05) is 0 Å². The summed E-state index contributed by atoms with van der Waals surface area (Å²) in [7, 11) is 0. The Kier molecular flexibility index (Phi) is 6.20. The molecule has 2 atom stereocenters. The maximum Gasteiger partial charge on any atom is 0.327 e.